The number of fused-ring (bicyclic) bond motifs is 4. The van der Waals surface area contributed by atoms with Crippen molar-refractivity contribution in [1.82, 2.24) is 9.97 Å². The van der Waals surface area contributed by atoms with Gasteiger partial charge < -0.3 is 4.98 Å². The van der Waals surface area contributed by atoms with Crippen molar-refractivity contribution < 1.29 is 0 Å². The number of para-hydroxylation sites is 2. The first-order chi connectivity index (χ1) is 12.9. The van der Waals surface area contributed by atoms with E-state index in [-0.39, 0.29) is 0 Å². The van der Waals surface area contributed by atoms with Crippen LogP contribution in [0.15, 0.2) is 84.1 Å². The highest BCUT2D eigenvalue weighted by molar-refractivity contribution is 6.10. The summed E-state index contributed by atoms with van der Waals surface area (Å²) in [6.45, 7) is 0. The zero-order valence-corrected chi connectivity index (χ0v) is 14.0. The third kappa shape index (κ3) is 2.40. The topological polar surface area (TPSA) is 53.1 Å². The van der Waals surface area contributed by atoms with E-state index in [0.717, 1.165) is 38.6 Å². The SMILES string of the molecule is C(=NNc1nc2ccccc2c2ccccc12)c1c[nH]c2ccccc12. The van der Waals surface area contributed by atoms with Gasteiger partial charge in [-0.05, 0) is 17.5 Å². The van der Waals surface area contributed by atoms with Crippen molar-refractivity contribution in [2.24, 2.45) is 5.10 Å². The second-order valence-electron chi connectivity index (χ2n) is 6.18. The van der Waals surface area contributed by atoms with Crippen molar-refractivity contribution in [3.63, 3.8) is 0 Å². The van der Waals surface area contributed by atoms with Crippen LogP contribution in [0.3, 0.4) is 0 Å². The van der Waals surface area contributed by atoms with E-state index in [0.29, 0.717) is 0 Å². The van der Waals surface area contributed by atoms with Gasteiger partial charge in [0.05, 0.1) is 11.7 Å². The summed E-state index contributed by atoms with van der Waals surface area (Å²) >= 11 is 0. The van der Waals surface area contributed by atoms with Crippen LogP contribution in [0, 0.1) is 0 Å². The number of nitrogens with zero attached hydrogens (tertiary/aromatic N) is 2. The maximum Gasteiger partial charge on any atom is 0.154 e. The van der Waals surface area contributed by atoms with Crippen LogP contribution in [-0.4, -0.2) is 16.2 Å². The van der Waals surface area contributed by atoms with Crippen molar-refractivity contribution in [2.75, 3.05) is 5.43 Å². The van der Waals surface area contributed by atoms with Crippen LogP contribution in [0.25, 0.3) is 32.6 Å². The van der Waals surface area contributed by atoms with Crippen molar-refractivity contribution >= 4 is 44.6 Å². The summed E-state index contributed by atoms with van der Waals surface area (Å²) in [7, 11) is 0. The lowest BCUT2D eigenvalue weighted by molar-refractivity contribution is 1.28. The molecule has 4 nitrogen and oxygen atoms in total. The smallest absolute Gasteiger partial charge is 0.154 e. The Morgan fingerprint density at radius 1 is 0.769 bits per heavy atom. The molecule has 0 aliphatic rings. The number of rotatable bonds is 3. The summed E-state index contributed by atoms with van der Waals surface area (Å²) < 4.78 is 0. The van der Waals surface area contributed by atoms with Gasteiger partial charge in [0.25, 0.3) is 0 Å². The zero-order chi connectivity index (χ0) is 17.3. The third-order valence-electron chi connectivity index (χ3n) is 4.60. The van der Waals surface area contributed by atoms with Gasteiger partial charge in [0, 0.05) is 33.4 Å². The Hall–Kier alpha value is -3.66. The fourth-order valence-corrected chi connectivity index (χ4v) is 3.35. The number of anilines is 1. The number of hydrogen-bond acceptors (Lipinski definition) is 3. The number of hydrazone groups is 1. The van der Waals surface area contributed by atoms with E-state index in [1.165, 1.54) is 5.39 Å². The summed E-state index contributed by atoms with van der Waals surface area (Å²) in [5.41, 5.74) is 6.22. The number of nitrogens with one attached hydrogen (secondary N) is 2. The van der Waals surface area contributed by atoms with Gasteiger partial charge >= 0.3 is 0 Å². The lowest BCUT2D eigenvalue weighted by atomic mass is 10.1. The van der Waals surface area contributed by atoms with Crippen LogP contribution in [0.5, 0.6) is 0 Å². The van der Waals surface area contributed by atoms with Gasteiger partial charge in [-0.1, -0.05) is 60.7 Å². The molecule has 2 N–H and O–H groups in total. The first-order valence-corrected chi connectivity index (χ1v) is 8.53. The molecule has 0 bridgehead atoms. The Bertz CT molecular complexity index is 1270. The Morgan fingerprint density at radius 3 is 2.35 bits per heavy atom. The minimum Gasteiger partial charge on any atom is -0.361 e. The minimum absolute atomic E-state index is 0.760. The summed E-state index contributed by atoms with van der Waals surface area (Å²) in [6, 6.07) is 24.6. The lowest BCUT2D eigenvalue weighted by Crippen LogP contribution is -1.96. The molecule has 0 saturated carbocycles. The molecule has 124 valence electrons. The van der Waals surface area contributed by atoms with Crippen molar-refractivity contribution in [2.45, 2.75) is 0 Å². The van der Waals surface area contributed by atoms with E-state index in [4.69, 9.17) is 4.98 Å². The van der Waals surface area contributed by atoms with E-state index in [2.05, 4.69) is 45.8 Å². The molecule has 3 aromatic carbocycles. The molecule has 0 spiro atoms. The molecule has 5 aromatic rings. The molecule has 4 heteroatoms. The average Bonchev–Trinajstić information content (AvgIpc) is 3.11. The van der Waals surface area contributed by atoms with Gasteiger partial charge in [0.2, 0.25) is 0 Å². The minimum atomic E-state index is 0.760. The first kappa shape index (κ1) is 14.7. The molecule has 0 aliphatic carbocycles. The molecule has 2 aromatic heterocycles. The molecule has 0 radical (unpaired) electrons. The second kappa shape index (κ2) is 6.01. The lowest BCUT2D eigenvalue weighted by Gasteiger charge is -2.08. The van der Waals surface area contributed by atoms with E-state index < -0.39 is 0 Å². The Morgan fingerprint density at radius 2 is 1.46 bits per heavy atom. The van der Waals surface area contributed by atoms with Crippen LogP contribution in [-0.2, 0) is 0 Å². The Labute approximate surface area is 150 Å². The summed E-state index contributed by atoms with van der Waals surface area (Å²) in [5, 5.41) is 8.96. The van der Waals surface area contributed by atoms with Gasteiger partial charge in [0.15, 0.2) is 5.82 Å². The number of benzene rings is 3. The Balaban J connectivity index is 1.56. The van der Waals surface area contributed by atoms with Crippen molar-refractivity contribution in [3.8, 4) is 0 Å². The molecule has 0 saturated heterocycles. The molecule has 0 amide bonds. The van der Waals surface area contributed by atoms with Gasteiger partial charge in [0.1, 0.15) is 0 Å². The molecular formula is C22H16N4. The predicted octanol–water partition coefficient (Wildman–Crippen LogP) is 5.32. The zero-order valence-electron chi connectivity index (χ0n) is 14.0. The molecule has 26 heavy (non-hydrogen) atoms. The predicted molar refractivity (Wildman–Crippen MR) is 109 cm³/mol. The highest BCUT2D eigenvalue weighted by Gasteiger charge is 2.07. The van der Waals surface area contributed by atoms with Crippen LogP contribution in [0.1, 0.15) is 5.56 Å². The van der Waals surface area contributed by atoms with Crippen LogP contribution < -0.4 is 5.43 Å². The maximum absolute atomic E-state index is 4.75. The fourth-order valence-electron chi connectivity index (χ4n) is 3.35. The second-order valence-corrected chi connectivity index (χ2v) is 6.18. The molecule has 0 unspecified atom stereocenters. The number of H-pyrrole nitrogens is 1. The molecule has 0 fully saturated rings. The third-order valence-corrected chi connectivity index (χ3v) is 4.60. The van der Waals surface area contributed by atoms with Gasteiger partial charge in [-0.15, -0.1) is 0 Å². The quantitative estimate of drug-likeness (QED) is 0.266. The highest BCUT2D eigenvalue weighted by atomic mass is 15.3. The summed E-state index contributed by atoms with van der Waals surface area (Å²) in [5.74, 6) is 0.760. The monoisotopic (exact) mass is 336 g/mol. The molecule has 5 rings (SSSR count). The first-order valence-electron chi connectivity index (χ1n) is 8.53. The highest BCUT2D eigenvalue weighted by Crippen LogP contribution is 2.29. The van der Waals surface area contributed by atoms with Crippen molar-refractivity contribution in [1.29, 1.82) is 0 Å². The normalized spacial score (nSPS) is 11.7. The van der Waals surface area contributed by atoms with E-state index in [1.807, 2.05) is 54.9 Å². The van der Waals surface area contributed by atoms with Crippen LogP contribution in [0.2, 0.25) is 0 Å². The molecular weight excluding hydrogens is 320 g/mol. The van der Waals surface area contributed by atoms with Crippen LogP contribution >= 0.6 is 0 Å². The largest absolute Gasteiger partial charge is 0.361 e. The number of aromatic amines is 1. The van der Waals surface area contributed by atoms with E-state index in [1.54, 1.807) is 0 Å². The van der Waals surface area contributed by atoms with E-state index in [9.17, 15) is 0 Å². The van der Waals surface area contributed by atoms with Gasteiger partial charge in [-0.25, -0.2) is 4.98 Å². The van der Waals surface area contributed by atoms with Crippen molar-refractivity contribution in [3.05, 3.63) is 84.6 Å². The average molecular weight is 336 g/mol. The number of hydrogen-bond donors (Lipinski definition) is 2. The standard InChI is InChI=1S/C22H16N4/c1-2-10-19-17(8-1)18-9-4-6-12-21(18)25-22(19)26-24-14-15-13-23-20-11-5-3-7-16(15)20/h1-14,23H,(H,25,26). The number of aromatic nitrogens is 2. The number of pyridine rings is 1. The van der Waals surface area contributed by atoms with E-state index >= 15 is 0 Å². The van der Waals surface area contributed by atoms with Gasteiger partial charge in [-0.2, -0.15) is 5.10 Å². The fraction of sp³-hybridized carbons (Fsp3) is 0. The molecule has 0 atom stereocenters. The van der Waals surface area contributed by atoms with Crippen LogP contribution in [0.4, 0.5) is 5.82 Å². The molecule has 0 aliphatic heterocycles. The summed E-state index contributed by atoms with van der Waals surface area (Å²) in [4.78, 5) is 8.01. The molecule has 2 heterocycles. The van der Waals surface area contributed by atoms with Gasteiger partial charge in [-0.3, -0.25) is 5.43 Å². The summed E-state index contributed by atoms with van der Waals surface area (Å²) in [6.07, 6.45) is 3.78. The Kier molecular flexibility index (Phi) is 3.39. The maximum atomic E-state index is 4.75.